The van der Waals surface area contributed by atoms with Gasteiger partial charge in [0.25, 0.3) is 5.89 Å². The molecule has 0 radical (unpaired) electrons. The molecule has 0 amide bonds. The molecule has 0 unspecified atom stereocenters. The Labute approximate surface area is 187 Å². The summed E-state index contributed by atoms with van der Waals surface area (Å²) in [5, 5.41) is 5.05. The van der Waals surface area contributed by atoms with E-state index < -0.39 is 10.0 Å². The Balaban J connectivity index is 1.70. The molecule has 8 nitrogen and oxygen atoms in total. The van der Waals surface area contributed by atoms with Gasteiger partial charge in [-0.15, -0.1) is 0 Å². The number of sulfonamides is 1. The summed E-state index contributed by atoms with van der Waals surface area (Å²) in [6.45, 7) is 6.18. The van der Waals surface area contributed by atoms with Crippen LogP contribution in [-0.2, 0) is 16.4 Å². The largest absolute Gasteiger partial charge is 0.332 e. The Bertz CT molecular complexity index is 1390. The van der Waals surface area contributed by atoms with Crippen LogP contribution in [0, 0.1) is 12.3 Å². The summed E-state index contributed by atoms with van der Waals surface area (Å²) in [6.07, 6.45) is 6.55. The lowest BCUT2D eigenvalue weighted by Gasteiger charge is -2.53. The number of hydrogen-bond donors (Lipinski definition) is 1. The predicted molar refractivity (Wildman–Crippen MR) is 121 cm³/mol. The van der Waals surface area contributed by atoms with Crippen molar-refractivity contribution in [2.75, 3.05) is 20.1 Å². The zero-order valence-electron chi connectivity index (χ0n) is 18.6. The van der Waals surface area contributed by atoms with Gasteiger partial charge in [-0.2, -0.15) is 4.98 Å². The predicted octanol–water partition coefficient (Wildman–Crippen LogP) is 3.23. The molecule has 32 heavy (non-hydrogen) atoms. The van der Waals surface area contributed by atoms with Gasteiger partial charge in [-0.25, -0.2) is 13.1 Å². The number of fused-ring (bicyclic) bond motifs is 3. The highest BCUT2D eigenvalue weighted by Gasteiger charge is 2.51. The lowest BCUT2D eigenvalue weighted by atomic mass is 9.66. The molecule has 3 aliphatic rings. The quantitative estimate of drug-likeness (QED) is 0.652. The Morgan fingerprint density at radius 2 is 2.16 bits per heavy atom. The smallest absolute Gasteiger partial charge is 0.274 e. The van der Waals surface area contributed by atoms with E-state index in [1.165, 1.54) is 18.3 Å². The lowest BCUT2D eigenvalue weighted by Crippen LogP contribution is -2.50. The van der Waals surface area contributed by atoms with Crippen LogP contribution in [0.2, 0.25) is 0 Å². The van der Waals surface area contributed by atoms with Crippen LogP contribution in [0.25, 0.3) is 16.6 Å². The molecule has 1 saturated heterocycles. The van der Waals surface area contributed by atoms with Crippen LogP contribution < -0.4 is 4.72 Å². The second-order valence-corrected chi connectivity index (χ2v) is 11.0. The molecule has 1 N–H and O–H groups in total. The molecule has 2 atom stereocenters. The molecule has 3 aliphatic heterocycles. The molecule has 0 bridgehead atoms. The Morgan fingerprint density at radius 1 is 1.31 bits per heavy atom. The summed E-state index contributed by atoms with van der Waals surface area (Å²) in [5.74, 6) is 1.12. The van der Waals surface area contributed by atoms with Crippen LogP contribution in [-0.4, -0.2) is 48.2 Å². The number of nitrogens with zero attached hydrogens (tertiary/aromatic N) is 4. The van der Waals surface area contributed by atoms with Crippen molar-refractivity contribution in [3.05, 3.63) is 47.2 Å². The first-order valence-electron chi connectivity index (χ1n) is 11.3. The number of hydrogen-bond acceptors (Lipinski definition) is 6. The highest BCUT2D eigenvalue weighted by Crippen LogP contribution is 2.57. The zero-order valence-corrected chi connectivity index (χ0v) is 19.4. The van der Waals surface area contributed by atoms with Gasteiger partial charge in [0.15, 0.2) is 5.82 Å². The SMILES string of the molecule is CC[C@@]12C=C(c3nc(C)no3)n3c4c(c5cc(S(=O)(=O)NC)ccc53)CCN(CCC1)[C@H]42. The van der Waals surface area contributed by atoms with Crippen LogP contribution in [0.1, 0.15) is 55.2 Å². The molecule has 1 aromatic carbocycles. The summed E-state index contributed by atoms with van der Waals surface area (Å²) in [4.78, 5) is 7.48. The molecule has 9 heteroatoms. The molecule has 5 heterocycles. The van der Waals surface area contributed by atoms with E-state index >= 15 is 0 Å². The Kier molecular flexibility index (Phi) is 4.25. The molecule has 0 saturated carbocycles. The van der Waals surface area contributed by atoms with Crippen molar-refractivity contribution in [2.45, 2.75) is 50.5 Å². The minimum Gasteiger partial charge on any atom is -0.332 e. The van der Waals surface area contributed by atoms with Crippen molar-refractivity contribution in [3.8, 4) is 0 Å². The topological polar surface area (TPSA) is 93.3 Å². The van der Waals surface area contributed by atoms with Gasteiger partial charge < -0.3 is 9.09 Å². The third-order valence-electron chi connectivity index (χ3n) is 7.64. The number of aromatic nitrogens is 3. The lowest BCUT2D eigenvalue weighted by molar-refractivity contribution is 0.0269. The third-order valence-corrected chi connectivity index (χ3v) is 9.05. The van der Waals surface area contributed by atoms with Crippen molar-refractivity contribution >= 4 is 26.6 Å². The molecule has 3 aromatic rings. The highest BCUT2D eigenvalue weighted by molar-refractivity contribution is 7.89. The van der Waals surface area contributed by atoms with E-state index in [2.05, 4.69) is 37.3 Å². The van der Waals surface area contributed by atoms with Crippen LogP contribution >= 0.6 is 0 Å². The van der Waals surface area contributed by atoms with Gasteiger partial charge in [0.2, 0.25) is 10.0 Å². The average molecular weight is 454 g/mol. The van der Waals surface area contributed by atoms with Crippen LogP contribution in [0.5, 0.6) is 0 Å². The van der Waals surface area contributed by atoms with Crippen LogP contribution in [0.3, 0.4) is 0 Å². The number of nitrogens with one attached hydrogen (secondary N) is 1. The second kappa shape index (κ2) is 6.76. The van der Waals surface area contributed by atoms with Gasteiger partial charge in [-0.05, 0) is 76.0 Å². The maximum atomic E-state index is 12.5. The van der Waals surface area contributed by atoms with Gasteiger partial charge >= 0.3 is 0 Å². The minimum atomic E-state index is -3.53. The van der Waals surface area contributed by atoms with Gasteiger partial charge in [-0.3, -0.25) is 4.90 Å². The highest BCUT2D eigenvalue weighted by atomic mass is 32.2. The normalized spacial score (nSPS) is 25.1. The Hall–Kier alpha value is -2.49. The van der Waals surface area contributed by atoms with Crippen molar-refractivity contribution in [3.63, 3.8) is 0 Å². The van der Waals surface area contributed by atoms with E-state index in [0.29, 0.717) is 16.6 Å². The second-order valence-electron chi connectivity index (χ2n) is 9.14. The summed E-state index contributed by atoms with van der Waals surface area (Å²) in [7, 11) is -2.08. The first kappa shape index (κ1) is 20.1. The molecular formula is C23H27N5O3S. The van der Waals surface area contributed by atoms with E-state index in [1.807, 2.05) is 19.1 Å². The number of benzene rings is 1. The van der Waals surface area contributed by atoms with Crippen LogP contribution in [0.4, 0.5) is 0 Å². The summed E-state index contributed by atoms with van der Waals surface area (Å²) in [6, 6.07) is 5.70. The minimum absolute atomic E-state index is 0.00458. The zero-order chi connectivity index (χ0) is 22.3. The van der Waals surface area contributed by atoms with Crippen molar-refractivity contribution < 1.29 is 12.9 Å². The summed E-state index contributed by atoms with van der Waals surface area (Å²) < 4.78 is 35.4. The standard InChI is InChI=1S/C23H27N5O3S/c1-4-23-9-5-10-27-11-8-16-17-12-15(32(29,30)24-3)6-7-18(17)28(20(16)21(23)27)19(13-23)22-25-14(2)26-31-22/h6-7,12-13,21,24H,4-5,8-11H2,1-3H3/t21-,23+/m1/s1. The van der Waals surface area contributed by atoms with E-state index in [0.717, 1.165) is 55.4 Å². The first-order valence-corrected chi connectivity index (χ1v) is 12.8. The molecular weight excluding hydrogens is 426 g/mol. The first-order chi connectivity index (χ1) is 15.4. The third kappa shape index (κ3) is 2.58. The maximum absolute atomic E-state index is 12.5. The van der Waals surface area contributed by atoms with E-state index in [4.69, 9.17) is 4.52 Å². The summed E-state index contributed by atoms with van der Waals surface area (Å²) in [5.41, 5.74) is 4.42. The van der Waals surface area contributed by atoms with Gasteiger partial charge in [0.05, 0.1) is 16.5 Å². The molecule has 168 valence electrons. The van der Waals surface area contributed by atoms with E-state index in [1.54, 1.807) is 6.07 Å². The number of rotatable bonds is 4. The fourth-order valence-corrected chi connectivity index (χ4v) is 6.91. The molecule has 1 fully saturated rings. The van der Waals surface area contributed by atoms with Gasteiger partial charge in [-0.1, -0.05) is 12.1 Å². The van der Waals surface area contributed by atoms with Crippen molar-refractivity contribution in [2.24, 2.45) is 5.41 Å². The average Bonchev–Trinajstić information content (AvgIpc) is 3.39. The number of aryl methyl sites for hydroxylation is 1. The monoisotopic (exact) mass is 453 g/mol. The number of piperidine rings is 1. The summed E-state index contributed by atoms with van der Waals surface area (Å²) >= 11 is 0. The fraction of sp³-hybridized carbons (Fsp3) is 0.478. The molecule has 2 aromatic heterocycles. The molecule has 6 rings (SSSR count). The van der Waals surface area contributed by atoms with Crippen LogP contribution in [0.15, 0.2) is 33.7 Å². The molecule has 0 spiro atoms. The van der Waals surface area contributed by atoms with Gasteiger partial charge in [0.1, 0.15) is 5.70 Å². The van der Waals surface area contributed by atoms with Crippen molar-refractivity contribution in [1.29, 1.82) is 0 Å². The van der Waals surface area contributed by atoms with Crippen molar-refractivity contribution in [1.82, 2.24) is 24.3 Å². The fourth-order valence-electron chi connectivity index (χ4n) is 6.15. The van der Waals surface area contributed by atoms with E-state index in [-0.39, 0.29) is 11.5 Å². The molecule has 0 aliphatic carbocycles. The van der Waals surface area contributed by atoms with Gasteiger partial charge in [0, 0.05) is 23.0 Å². The van der Waals surface area contributed by atoms with E-state index in [9.17, 15) is 8.42 Å². The maximum Gasteiger partial charge on any atom is 0.274 e. The Morgan fingerprint density at radius 3 is 2.88 bits per heavy atom.